The molecule has 0 N–H and O–H groups in total. The van der Waals surface area contributed by atoms with Gasteiger partial charge in [0.2, 0.25) is 0 Å². The van der Waals surface area contributed by atoms with E-state index in [1.165, 1.54) is 36.2 Å². The summed E-state index contributed by atoms with van der Waals surface area (Å²) in [4.78, 5) is 0. The highest BCUT2D eigenvalue weighted by Gasteiger charge is 2.26. The molecule has 2 heterocycles. The van der Waals surface area contributed by atoms with Crippen molar-refractivity contribution in [2.24, 2.45) is 7.05 Å². The first-order chi connectivity index (χ1) is 6.38. The number of para-hydroxylation sites is 2. The molecule has 0 saturated heterocycles. The standard InChI is InChI=1S/C11H13N2.HI/c1-12-9-5-2-3-6-10(9)13-8-4-7-11(12)13;/h2-3,5-6H,4,7-8H2,1H3;1H/q+1;/p-1. The zero-order valence-corrected chi connectivity index (χ0v) is 10.4. The number of rotatable bonds is 0. The van der Waals surface area contributed by atoms with Crippen LogP contribution in [0.15, 0.2) is 24.3 Å². The molecule has 0 aliphatic carbocycles. The Kier molecular flexibility index (Phi) is 2.51. The molecule has 1 aliphatic rings. The van der Waals surface area contributed by atoms with Crippen LogP contribution in [0.3, 0.4) is 0 Å². The van der Waals surface area contributed by atoms with Gasteiger partial charge in [-0.05, 0) is 18.6 Å². The molecule has 0 atom stereocenters. The molecule has 0 fully saturated rings. The van der Waals surface area contributed by atoms with Crippen LogP contribution in [0, 0.1) is 0 Å². The van der Waals surface area contributed by atoms with E-state index in [1.807, 2.05) is 0 Å². The van der Waals surface area contributed by atoms with E-state index >= 15 is 0 Å². The summed E-state index contributed by atoms with van der Waals surface area (Å²) in [6.45, 7) is 1.19. The smallest absolute Gasteiger partial charge is 0.257 e. The minimum atomic E-state index is 0. The largest absolute Gasteiger partial charge is 1.00 e. The summed E-state index contributed by atoms with van der Waals surface area (Å²) in [5.41, 5.74) is 2.75. The number of hydrogen-bond donors (Lipinski definition) is 0. The molecule has 1 aromatic carbocycles. The molecule has 0 saturated carbocycles. The molecular weight excluding hydrogens is 287 g/mol. The van der Waals surface area contributed by atoms with Crippen molar-refractivity contribution in [1.82, 2.24) is 4.57 Å². The van der Waals surface area contributed by atoms with Gasteiger partial charge >= 0.3 is 0 Å². The summed E-state index contributed by atoms with van der Waals surface area (Å²) in [5.74, 6) is 1.47. The number of hydrogen-bond acceptors (Lipinski definition) is 0. The second kappa shape index (κ2) is 3.53. The lowest BCUT2D eigenvalue weighted by Gasteiger charge is -1.88. The molecule has 3 heteroatoms. The van der Waals surface area contributed by atoms with E-state index in [-0.39, 0.29) is 24.0 Å². The molecule has 3 rings (SSSR count). The van der Waals surface area contributed by atoms with Crippen LogP contribution in [0.5, 0.6) is 0 Å². The average molecular weight is 300 g/mol. The van der Waals surface area contributed by atoms with Gasteiger partial charge in [-0.25, -0.2) is 9.13 Å². The lowest BCUT2D eigenvalue weighted by molar-refractivity contribution is -0.653. The molecule has 1 aromatic heterocycles. The number of aromatic nitrogens is 2. The molecule has 0 amide bonds. The number of aryl methyl sites for hydroxylation is 2. The van der Waals surface area contributed by atoms with E-state index in [1.54, 1.807) is 0 Å². The quantitative estimate of drug-likeness (QED) is 0.410. The Balaban J connectivity index is 0.000000750. The van der Waals surface area contributed by atoms with Crippen molar-refractivity contribution in [2.75, 3.05) is 0 Å². The molecule has 2 nitrogen and oxygen atoms in total. The Bertz CT molecular complexity index is 473. The summed E-state index contributed by atoms with van der Waals surface area (Å²) in [6.07, 6.45) is 2.53. The first-order valence-electron chi connectivity index (χ1n) is 4.84. The summed E-state index contributed by atoms with van der Waals surface area (Å²) >= 11 is 0. The summed E-state index contributed by atoms with van der Waals surface area (Å²) in [7, 11) is 2.17. The van der Waals surface area contributed by atoms with Crippen molar-refractivity contribution >= 4 is 11.0 Å². The third-order valence-corrected chi connectivity index (χ3v) is 3.01. The normalized spacial score (nSPS) is 14.1. The van der Waals surface area contributed by atoms with Gasteiger partial charge in [0.05, 0.1) is 20.0 Å². The molecule has 74 valence electrons. The SMILES string of the molecule is C[n+]1c2n(c3ccccc31)CCC2.[I-]. The molecule has 0 unspecified atom stereocenters. The van der Waals surface area contributed by atoms with Crippen LogP contribution < -0.4 is 28.5 Å². The van der Waals surface area contributed by atoms with E-state index in [4.69, 9.17) is 0 Å². The molecule has 0 bridgehead atoms. The third-order valence-electron chi connectivity index (χ3n) is 3.01. The zero-order chi connectivity index (χ0) is 8.84. The van der Waals surface area contributed by atoms with Gasteiger partial charge in [0.25, 0.3) is 5.82 Å². The Labute approximate surface area is 101 Å². The fourth-order valence-corrected chi connectivity index (χ4v) is 2.38. The molecule has 1 aliphatic heterocycles. The minimum absolute atomic E-state index is 0. The Morgan fingerprint density at radius 3 is 2.93 bits per heavy atom. The van der Waals surface area contributed by atoms with E-state index < -0.39 is 0 Å². The first kappa shape index (κ1) is 9.96. The van der Waals surface area contributed by atoms with Gasteiger partial charge in [0.15, 0.2) is 11.0 Å². The van der Waals surface area contributed by atoms with E-state index in [9.17, 15) is 0 Å². The molecular formula is C11H13IN2. The van der Waals surface area contributed by atoms with E-state index in [0.29, 0.717) is 0 Å². The first-order valence-corrected chi connectivity index (χ1v) is 4.84. The fourth-order valence-electron chi connectivity index (χ4n) is 2.38. The monoisotopic (exact) mass is 300 g/mol. The van der Waals surface area contributed by atoms with Gasteiger partial charge in [0, 0.05) is 0 Å². The predicted molar refractivity (Wildman–Crippen MR) is 51.4 cm³/mol. The highest BCUT2D eigenvalue weighted by atomic mass is 127. The maximum absolute atomic E-state index is 2.44. The van der Waals surface area contributed by atoms with Crippen LogP contribution in [0.2, 0.25) is 0 Å². The topological polar surface area (TPSA) is 8.81 Å². The molecule has 14 heavy (non-hydrogen) atoms. The summed E-state index contributed by atoms with van der Waals surface area (Å²) < 4.78 is 4.76. The number of fused-ring (bicyclic) bond motifs is 3. The van der Waals surface area contributed by atoms with Crippen LogP contribution in [0.4, 0.5) is 0 Å². The minimum Gasteiger partial charge on any atom is -1.00 e. The number of imidazole rings is 1. The number of halogens is 1. The second-order valence-electron chi connectivity index (χ2n) is 3.72. The van der Waals surface area contributed by atoms with Crippen LogP contribution in [-0.2, 0) is 20.0 Å². The van der Waals surface area contributed by atoms with Gasteiger partial charge < -0.3 is 24.0 Å². The summed E-state index contributed by atoms with van der Waals surface area (Å²) in [5, 5.41) is 0. The maximum Gasteiger partial charge on any atom is 0.257 e. The van der Waals surface area contributed by atoms with Crippen LogP contribution in [0.25, 0.3) is 11.0 Å². The van der Waals surface area contributed by atoms with Crippen LogP contribution in [-0.4, -0.2) is 4.57 Å². The van der Waals surface area contributed by atoms with Crippen LogP contribution in [0.1, 0.15) is 12.2 Å². The van der Waals surface area contributed by atoms with Crippen molar-refractivity contribution in [2.45, 2.75) is 19.4 Å². The number of benzene rings is 1. The Morgan fingerprint density at radius 1 is 1.29 bits per heavy atom. The van der Waals surface area contributed by atoms with Crippen LogP contribution >= 0.6 is 0 Å². The Morgan fingerprint density at radius 2 is 2.07 bits per heavy atom. The second-order valence-corrected chi connectivity index (χ2v) is 3.72. The van der Waals surface area contributed by atoms with Crippen molar-refractivity contribution in [1.29, 1.82) is 0 Å². The summed E-state index contributed by atoms with van der Waals surface area (Å²) in [6, 6.07) is 8.64. The third kappa shape index (κ3) is 1.18. The number of nitrogens with zero attached hydrogens (tertiary/aromatic N) is 2. The lowest BCUT2D eigenvalue weighted by atomic mass is 10.3. The zero-order valence-electron chi connectivity index (χ0n) is 8.20. The molecule has 2 aromatic rings. The average Bonchev–Trinajstić information content (AvgIpc) is 2.72. The van der Waals surface area contributed by atoms with Gasteiger partial charge in [-0.2, -0.15) is 0 Å². The van der Waals surface area contributed by atoms with Crippen molar-refractivity contribution in [3.8, 4) is 0 Å². The van der Waals surface area contributed by atoms with Gasteiger partial charge in [0.1, 0.15) is 0 Å². The van der Waals surface area contributed by atoms with E-state index in [0.717, 1.165) is 0 Å². The Hall–Kier alpha value is -0.580. The molecule has 0 radical (unpaired) electrons. The highest BCUT2D eigenvalue weighted by molar-refractivity contribution is 5.72. The lowest BCUT2D eigenvalue weighted by Crippen LogP contribution is -3.00. The van der Waals surface area contributed by atoms with Gasteiger partial charge in [-0.15, -0.1) is 0 Å². The predicted octanol–water partition coefficient (Wildman–Crippen LogP) is -1.58. The van der Waals surface area contributed by atoms with Crippen molar-refractivity contribution in [3.05, 3.63) is 30.1 Å². The maximum atomic E-state index is 2.44. The molecule has 0 spiro atoms. The van der Waals surface area contributed by atoms with Crippen molar-refractivity contribution in [3.63, 3.8) is 0 Å². The van der Waals surface area contributed by atoms with Gasteiger partial charge in [-0.3, -0.25) is 0 Å². The fraction of sp³-hybridized carbons (Fsp3) is 0.364. The highest BCUT2D eigenvalue weighted by Crippen LogP contribution is 2.19. The van der Waals surface area contributed by atoms with Crippen molar-refractivity contribution < 1.29 is 28.5 Å². The van der Waals surface area contributed by atoms with E-state index in [2.05, 4.69) is 40.4 Å². The van der Waals surface area contributed by atoms with Gasteiger partial charge in [-0.1, -0.05) is 12.1 Å².